The summed E-state index contributed by atoms with van der Waals surface area (Å²) < 4.78 is 13.1. The van der Waals surface area contributed by atoms with Gasteiger partial charge in [0.15, 0.2) is 0 Å². The summed E-state index contributed by atoms with van der Waals surface area (Å²) in [5, 5.41) is 0. The van der Waals surface area contributed by atoms with Crippen LogP contribution in [0.25, 0.3) is 12.2 Å². The van der Waals surface area contributed by atoms with Crippen LogP contribution in [0.3, 0.4) is 0 Å². The first-order valence-corrected chi connectivity index (χ1v) is 8.04. The molecule has 2 saturated carbocycles. The Balaban J connectivity index is 1.73. The molecule has 0 radical (unpaired) electrons. The second-order valence-electron chi connectivity index (χ2n) is 6.37. The molecule has 0 unspecified atom stereocenters. The predicted octanol–water partition coefficient (Wildman–Crippen LogP) is 5.72. The molecule has 2 aromatic rings. The summed E-state index contributed by atoms with van der Waals surface area (Å²) in [6, 6.07) is 17.4. The lowest BCUT2D eigenvalue weighted by Gasteiger charge is -2.18. The van der Waals surface area contributed by atoms with Crippen molar-refractivity contribution >= 4 is 12.2 Å². The quantitative estimate of drug-likeness (QED) is 0.663. The van der Waals surface area contributed by atoms with Gasteiger partial charge in [-0.25, -0.2) is 4.39 Å². The predicted molar refractivity (Wildman–Crippen MR) is 89.6 cm³/mol. The Labute approximate surface area is 131 Å². The first-order chi connectivity index (χ1) is 10.8. The smallest absolute Gasteiger partial charge is 0.123 e. The van der Waals surface area contributed by atoms with E-state index in [1.165, 1.54) is 36.0 Å². The van der Waals surface area contributed by atoms with Crippen molar-refractivity contribution in [2.75, 3.05) is 0 Å². The molecule has 2 bridgehead atoms. The lowest BCUT2D eigenvalue weighted by molar-refractivity contribution is 0.627. The number of halogens is 1. The van der Waals surface area contributed by atoms with Gasteiger partial charge in [0.2, 0.25) is 0 Å². The van der Waals surface area contributed by atoms with Crippen molar-refractivity contribution in [1.29, 1.82) is 0 Å². The molecule has 4 rings (SSSR count). The molecule has 0 spiro atoms. The third-order valence-electron chi connectivity index (χ3n) is 4.96. The maximum atomic E-state index is 13.1. The highest BCUT2D eigenvalue weighted by atomic mass is 19.1. The van der Waals surface area contributed by atoms with Crippen molar-refractivity contribution in [1.82, 2.24) is 0 Å². The maximum Gasteiger partial charge on any atom is 0.123 e. The minimum atomic E-state index is -0.171. The second-order valence-corrected chi connectivity index (χ2v) is 6.37. The van der Waals surface area contributed by atoms with Crippen molar-refractivity contribution in [2.24, 2.45) is 11.8 Å². The molecule has 0 saturated heterocycles. The average Bonchev–Trinajstić information content (AvgIpc) is 3.13. The summed E-state index contributed by atoms with van der Waals surface area (Å²) in [5.74, 6) is 1.22. The largest absolute Gasteiger partial charge is 0.207 e. The Morgan fingerprint density at radius 1 is 0.727 bits per heavy atom. The summed E-state index contributed by atoms with van der Waals surface area (Å²) >= 11 is 0. The zero-order valence-corrected chi connectivity index (χ0v) is 12.5. The van der Waals surface area contributed by atoms with Gasteiger partial charge in [-0.15, -0.1) is 0 Å². The molecule has 0 aliphatic heterocycles. The van der Waals surface area contributed by atoms with Crippen LogP contribution in [0.4, 0.5) is 4.39 Å². The van der Waals surface area contributed by atoms with E-state index in [1.807, 2.05) is 12.1 Å². The van der Waals surface area contributed by atoms with Crippen LogP contribution in [0.2, 0.25) is 0 Å². The van der Waals surface area contributed by atoms with E-state index in [0.717, 1.165) is 5.56 Å². The molecular weight excluding hydrogens is 271 g/mol. The molecule has 2 aliphatic carbocycles. The molecule has 2 aliphatic rings. The molecule has 2 atom stereocenters. The van der Waals surface area contributed by atoms with Gasteiger partial charge >= 0.3 is 0 Å². The van der Waals surface area contributed by atoms with Gasteiger partial charge in [-0.2, -0.15) is 0 Å². The van der Waals surface area contributed by atoms with Crippen molar-refractivity contribution in [3.8, 4) is 0 Å². The van der Waals surface area contributed by atoms with Crippen LogP contribution in [0.15, 0.2) is 65.7 Å². The van der Waals surface area contributed by atoms with Gasteiger partial charge in [0.25, 0.3) is 0 Å². The number of allylic oxidation sites excluding steroid dienone is 2. The number of hydrogen-bond acceptors (Lipinski definition) is 0. The highest BCUT2D eigenvalue weighted by Crippen LogP contribution is 2.52. The molecular formula is C21H19F. The zero-order chi connectivity index (χ0) is 14.9. The molecule has 22 heavy (non-hydrogen) atoms. The van der Waals surface area contributed by atoms with Crippen LogP contribution in [-0.4, -0.2) is 0 Å². The first kappa shape index (κ1) is 13.5. The molecule has 2 aromatic carbocycles. The monoisotopic (exact) mass is 290 g/mol. The zero-order valence-electron chi connectivity index (χ0n) is 12.5. The number of benzene rings is 2. The Morgan fingerprint density at radius 2 is 1.27 bits per heavy atom. The summed E-state index contributed by atoms with van der Waals surface area (Å²) in [4.78, 5) is 0. The normalized spacial score (nSPS) is 27.0. The fraction of sp³-hybridized carbons (Fsp3) is 0.238. The van der Waals surface area contributed by atoms with Crippen LogP contribution in [-0.2, 0) is 0 Å². The number of rotatable bonds is 2. The van der Waals surface area contributed by atoms with Gasteiger partial charge in [-0.05, 0) is 65.5 Å². The van der Waals surface area contributed by atoms with Crippen molar-refractivity contribution in [3.05, 3.63) is 82.7 Å². The third kappa shape index (κ3) is 2.52. The van der Waals surface area contributed by atoms with E-state index in [9.17, 15) is 4.39 Å². The Bertz CT molecular complexity index is 722. The Morgan fingerprint density at radius 3 is 1.86 bits per heavy atom. The van der Waals surface area contributed by atoms with Crippen LogP contribution >= 0.6 is 0 Å². The number of hydrogen-bond donors (Lipinski definition) is 0. The van der Waals surface area contributed by atoms with Crippen molar-refractivity contribution in [3.63, 3.8) is 0 Å². The highest BCUT2D eigenvalue weighted by molar-refractivity contribution is 5.69. The van der Waals surface area contributed by atoms with Crippen LogP contribution in [0.5, 0.6) is 0 Å². The molecule has 0 N–H and O–H groups in total. The summed E-state index contributed by atoms with van der Waals surface area (Å²) in [6.07, 6.45) is 8.50. The van der Waals surface area contributed by atoms with E-state index < -0.39 is 0 Å². The fourth-order valence-electron chi connectivity index (χ4n) is 3.89. The standard InChI is InChI=1S/C21H19F/c22-19-10-6-16(7-11-19)13-21-18-9-8-17(14-18)20(21)12-15-4-2-1-3-5-15/h1-7,10-13,17-18H,8-9,14H2/b20-12+,21-13+/t17-,18+/m1/s1. The van der Waals surface area contributed by atoms with Crippen molar-refractivity contribution < 1.29 is 4.39 Å². The Hall–Kier alpha value is -2.15. The van der Waals surface area contributed by atoms with E-state index >= 15 is 0 Å². The second kappa shape index (κ2) is 5.57. The van der Waals surface area contributed by atoms with Gasteiger partial charge in [0, 0.05) is 0 Å². The minimum absolute atomic E-state index is 0.171. The molecule has 110 valence electrons. The third-order valence-corrected chi connectivity index (χ3v) is 4.96. The topological polar surface area (TPSA) is 0 Å². The SMILES string of the molecule is Fc1ccc(/C=C2/C(=C/c3ccccc3)[C@@H]3CC[C@H]2C3)cc1. The van der Waals surface area contributed by atoms with E-state index in [-0.39, 0.29) is 5.82 Å². The highest BCUT2D eigenvalue weighted by Gasteiger charge is 2.39. The van der Waals surface area contributed by atoms with Gasteiger partial charge in [0.05, 0.1) is 0 Å². The molecule has 0 aromatic heterocycles. The molecule has 0 heterocycles. The molecule has 0 amide bonds. The average molecular weight is 290 g/mol. The minimum Gasteiger partial charge on any atom is -0.207 e. The maximum absolute atomic E-state index is 13.1. The van der Waals surface area contributed by atoms with E-state index in [1.54, 1.807) is 12.1 Å². The Kier molecular flexibility index (Phi) is 3.42. The van der Waals surface area contributed by atoms with Gasteiger partial charge < -0.3 is 0 Å². The van der Waals surface area contributed by atoms with Crippen molar-refractivity contribution in [2.45, 2.75) is 19.3 Å². The van der Waals surface area contributed by atoms with E-state index in [0.29, 0.717) is 11.8 Å². The summed E-state index contributed by atoms with van der Waals surface area (Å²) in [7, 11) is 0. The molecule has 1 heteroatoms. The lowest BCUT2D eigenvalue weighted by atomic mass is 9.87. The van der Waals surface area contributed by atoms with Gasteiger partial charge in [-0.1, -0.05) is 54.6 Å². The molecule has 0 nitrogen and oxygen atoms in total. The van der Waals surface area contributed by atoms with Gasteiger partial charge in [0.1, 0.15) is 5.82 Å². The summed E-state index contributed by atoms with van der Waals surface area (Å²) in [5.41, 5.74) is 5.33. The van der Waals surface area contributed by atoms with Gasteiger partial charge in [-0.3, -0.25) is 0 Å². The van der Waals surface area contributed by atoms with Crippen LogP contribution in [0, 0.1) is 17.7 Å². The van der Waals surface area contributed by atoms with Crippen LogP contribution < -0.4 is 0 Å². The van der Waals surface area contributed by atoms with E-state index in [4.69, 9.17) is 0 Å². The number of fused-ring (bicyclic) bond motifs is 2. The lowest BCUT2D eigenvalue weighted by Crippen LogP contribution is -2.02. The fourth-order valence-corrected chi connectivity index (χ4v) is 3.89. The van der Waals surface area contributed by atoms with E-state index in [2.05, 4.69) is 42.5 Å². The summed E-state index contributed by atoms with van der Waals surface area (Å²) in [6.45, 7) is 0. The van der Waals surface area contributed by atoms with Crippen LogP contribution in [0.1, 0.15) is 30.4 Å². The first-order valence-electron chi connectivity index (χ1n) is 8.04. The molecule has 2 fully saturated rings.